The standard InChI is InChI=1S/C56H90O6/c1-4-7-10-13-16-19-22-25-27-29-31-34-37-40-43-46-49-55(58)61-52-53(51-60-54(57)48-45-42-39-36-33-24-21-18-15-12-9-6-3)62-56(59)50-47-44-41-38-35-32-30-28-26-23-20-17-14-11-8-5-2/h7-12,16-21,25-28,31,34,53H,4-6,13-15,22-24,29-30,32-33,35-52H2,1-3H3/b10-7-,11-8-,12-9-,19-16-,20-17-,21-18-,27-25-,28-26-,34-31-. The second kappa shape index (κ2) is 49.7. The van der Waals surface area contributed by atoms with Crippen LogP contribution in [0.5, 0.6) is 0 Å². The highest BCUT2D eigenvalue weighted by molar-refractivity contribution is 5.71. The number of hydrogen-bond acceptors (Lipinski definition) is 6. The molecular weight excluding hydrogens is 769 g/mol. The molecule has 0 saturated heterocycles. The van der Waals surface area contributed by atoms with Crippen molar-refractivity contribution in [2.75, 3.05) is 13.2 Å². The van der Waals surface area contributed by atoms with E-state index in [0.717, 1.165) is 154 Å². The molecule has 0 amide bonds. The fourth-order valence-electron chi connectivity index (χ4n) is 6.37. The Hall–Kier alpha value is -3.93. The lowest BCUT2D eigenvalue weighted by atomic mass is 10.1. The summed E-state index contributed by atoms with van der Waals surface area (Å²) in [5.74, 6) is -0.970. The van der Waals surface area contributed by atoms with Gasteiger partial charge in [-0.2, -0.15) is 0 Å². The molecule has 1 atom stereocenters. The molecule has 0 aliphatic heterocycles. The minimum atomic E-state index is -0.805. The molecule has 0 spiro atoms. The Labute approximate surface area is 380 Å². The van der Waals surface area contributed by atoms with Crippen molar-refractivity contribution < 1.29 is 28.6 Å². The minimum Gasteiger partial charge on any atom is -0.462 e. The van der Waals surface area contributed by atoms with Crippen LogP contribution in [-0.4, -0.2) is 37.2 Å². The van der Waals surface area contributed by atoms with E-state index in [-0.39, 0.29) is 31.1 Å². The lowest BCUT2D eigenvalue weighted by molar-refractivity contribution is -0.167. The van der Waals surface area contributed by atoms with E-state index in [1.54, 1.807) is 0 Å². The van der Waals surface area contributed by atoms with Crippen LogP contribution in [0.3, 0.4) is 0 Å². The van der Waals surface area contributed by atoms with E-state index in [4.69, 9.17) is 14.2 Å². The summed E-state index contributed by atoms with van der Waals surface area (Å²) in [5.41, 5.74) is 0. The second-order valence-electron chi connectivity index (χ2n) is 15.9. The Morgan fingerprint density at radius 3 is 0.919 bits per heavy atom. The Balaban J connectivity index is 4.49. The van der Waals surface area contributed by atoms with E-state index < -0.39 is 6.10 Å². The quantitative estimate of drug-likeness (QED) is 0.0263. The molecule has 0 fully saturated rings. The van der Waals surface area contributed by atoms with Crippen molar-refractivity contribution in [3.63, 3.8) is 0 Å². The predicted molar refractivity (Wildman–Crippen MR) is 265 cm³/mol. The first-order valence-electron chi connectivity index (χ1n) is 24.9. The van der Waals surface area contributed by atoms with Gasteiger partial charge in [0.15, 0.2) is 6.10 Å². The van der Waals surface area contributed by atoms with Crippen LogP contribution in [0.1, 0.15) is 207 Å². The van der Waals surface area contributed by atoms with Gasteiger partial charge >= 0.3 is 17.9 Å². The maximum absolute atomic E-state index is 12.8. The van der Waals surface area contributed by atoms with Crippen LogP contribution < -0.4 is 0 Å². The van der Waals surface area contributed by atoms with Crippen LogP contribution in [0.4, 0.5) is 0 Å². The van der Waals surface area contributed by atoms with E-state index >= 15 is 0 Å². The second-order valence-corrected chi connectivity index (χ2v) is 15.9. The Bertz CT molecular complexity index is 1310. The van der Waals surface area contributed by atoms with Gasteiger partial charge in [0.05, 0.1) is 0 Å². The molecule has 0 heterocycles. The fraction of sp³-hybridized carbons (Fsp3) is 0.625. The maximum Gasteiger partial charge on any atom is 0.306 e. The number of carbonyl (C=O) groups excluding carboxylic acids is 3. The third kappa shape index (κ3) is 47.1. The van der Waals surface area contributed by atoms with Gasteiger partial charge in [0, 0.05) is 19.3 Å². The predicted octanol–water partition coefficient (Wildman–Crippen LogP) is 16.4. The van der Waals surface area contributed by atoms with Crippen molar-refractivity contribution in [2.24, 2.45) is 0 Å². The monoisotopic (exact) mass is 859 g/mol. The number of carbonyl (C=O) groups is 3. The van der Waals surface area contributed by atoms with E-state index in [1.807, 2.05) is 0 Å². The van der Waals surface area contributed by atoms with Crippen molar-refractivity contribution in [2.45, 2.75) is 213 Å². The van der Waals surface area contributed by atoms with E-state index in [1.165, 1.54) is 12.8 Å². The number of hydrogen-bond donors (Lipinski definition) is 0. The molecule has 0 rings (SSSR count). The van der Waals surface area contributed by atoms with Gasteiger partial charge in [-0.3, -0.25) is 14.4 Å². The van der Waals surface area contributed by atoms with Crippen molar-refractivity contribution in [3.8, 4) is 0 Å². The minimum absolute atomic E-state index is 0.104. The zero-order valence-electron chi connectivity index (χ0n) is 39.8. The average molecular weight is 859 g/mol. The van der Waals surface area contributed by atoms with Crippen LogP contribution in [0.15, 0.2) is 109 Å². The summed E-state index contributed by atoms with van der Waals surface area (Å²) in [6.07, 6.45) is 66.4. The molecule has 0 aromatic carbocycles. The number of rotatable bonds is 43. The first-order chi connectivity index (χ1) is 30.5. The summed E-state index contributed by atoms with van der Waals surface area (Å²) < 4.78 is 16.7. The van der Waals surface area contributed by atoms with Gasteiger partial charge < -0.3 is 14.2 Å². The summed E-state index contributed by atoms with van der Waals surface area (Å²) >= 11 is 0. The molecular formula is C56H90O6. The molecule has 0 aliphatic carbocycles. The van der Waals surface area contributed by atoms with Crippen LogP contribution in [0.25, 0.3) is 0 Å². The summed E-state index contributed by atoms with van der Waals surface area (Å²) in [6.45, 7) is 6.23. The molecule has 0 aromatic heterocycles. The molecule has 0 saturated carbocycles. The zero-order valence-corrected chi connectivity index (χ0v) is 39.8. The molecule has 62 heavy (non-hydrogen) atoms. The average Bonchev–Trinajstić information content (AvgIpc) is 3.27. The Kier molecular flexibility index (Phi) is 46.6. The molecule has 350 valence electrons. The smallest absolute Gasteiger partial charge is 0.306 e. The number of allylic oxidation sites excluding steroid dienone is 18. The summed E-state index contributed by atoms with van der Waals surface area (Å²) in [4.78, 5) is 37.9. The highest BCUT2D eigenvalue weighted by Gasteiger charge is 2.19. The van der Waals surface area contributed by atoms with Gasteiger partial charge in [0.25, 0.3) is 0 Å². The Morgan fingerprint density at radius 2 is 0.581 bits per heavy atom. The molecule has 0 bridgehead atoms. The van der Waals surface area contributed by atoms with Crippen molar-refractivity contribution in [1.82, 2.24) is 0 Å². The molecule has 0 N–H and O–H groups in total. The molecule has 0 radical (unpaired) electrons. The van der Waals surface area contributed by atoms with Crippen molar-refractivity contribution in [3.05, 3.63) is 109 Å². The largest absolute Gasteiger partial charge is 0.462 e. The molecule has 1 unspecified atom stereocenters. The number of ether oxygens (including phenoxy) is 3. The Morgan fingerprint density at radius 1 is 0.323 bits per heavy atom. The molecule has 6 heteroatoms. The van der Waals surface area contributed by atoms with E-state index in [2.05, 4.69) is 130 Å². The topological polar surface area (TPSA) is 78.9 Å². The van der Waals surface area contributed by atoms with Gasteiger partial charge in [0.2, 0.25) is 0 Å². The third-order valence-corrected chi connectivity index (χ3v) is 10.0. The van der Waals surface area contributed by atoms with Gasteiger partial charge in [-0.05, 0) is 116 Å². The van der Waals surface area contributed by atoms with E-state index in [9.17, 15) is 14.4 Å². The van der Waals surface area contributed by atoms with E-state index in [0.29, 0.717) is 19.3 Å². The summed E-state index contributed by atoms with van der Waals surface area (Å²) in [6, 6.07) is 0. The van der Waals surface area contributed by atoms with Gasteiger partial charge in [0.1, 0.15) is 13.2 Å². The maximum atomic E-state index is 12.8. The molecule has 6 nitrogen and oxygen atoms in total. The first kappa shape index (κ1) is 58.1. The molecule has 0 aromatic rings. The third-order valence-electron chi connectivity index (χ3n) is 10.0. The first-order valence-corrected chi connectivity index (χ1v) is 24.9. The lowest BCUT2D eigenvalue weighted by Crippen LogP contribution is -2.30. The van der Waals surface area contributed by atoms with Crippen LogP contribution in [-0.2, 0) is 28.6 Å². The number of unbranched alkanes of at least 4 members (excludes halogenated alkanes) is 14. The zero-order chi connectivity index (χ0) is 45.1. The highest BCUT2D eigenvalue weighted by atomic mass is 16.6. The normalized spacial score (nSPS) is 13.0. The SMILES string of the molecule is CC/C=C\C/C=C\C/C=C\C/C=C\CCCCCC(=O)OCC(COC(=O)CCCCCCC/C=C\C/C=C\CC)OC(=O)CCCCCCCC/C=C\C/C=C\C/C=C\CC. The van der Waals surface area contributed by atoms with Crippen molar-refractivity contribution >= 4 is 17.9 Å². The van der Waals surface area contributed by atoms with Crippen LogP contribution in [0, 0.1) is 0 Å². The summed E-state index contributed by atoms with van der Waals surface area (Å²) in [5, 5.41) is 0. The highest BCUT2D eigenvalue weighted by Crippen LogP contribution is 2.13. The van der Waals surface area contributed by atoms with Gasteiger partial charge in [-0.1, -0.05) is 182 Å². The van der Waals surface area contributed by atoms with Crippen LogP contribution >= 0.6 is 0 Å². The van der Waals surface area contributed by atoms with Crippen molar-refractivity contribution in [1.29, 1.82) is 0 Å². The van der Waals surface area contributed by atoms with Gasteiger partial charge in [-0.15, -0.1) is 0 Å². The lowest BCUT2D eigenvalue weighted by Gasteiger charge is -2.18. The summed E-state index contributed by atoms with van der Waals surface area (Å²) in [7, 11) is 0. The van der Waals surface area contributed by atoms with Gasteiger partial charge in [-0.25, -0.2) is 0 Å². The fourth-order valence-corrected chi connectivity index (χ4v) is 6.37. The van der Waals surface area contributed by atoms with Crippen LogP contribution in [0.2, 0.25) is 0 Å². The number of esters is 3. The molecule has 0 aliphatic rings.